The number of piperidine rings is 1. The fourth-order valence-corrected chi connectivity index (χ4v) is 5.19. The highest BCUT2D eigenvalue weighted by Gasteiger charge is 2.61. The van der Waals surface area contributed by atoms with Gasteiger partial charge in [0.05, 0.1) is 18.6 Å². The fourth-order valence-electron chi connectivity index (χ4n) is 5.19. The number of amidine groups is 1. The topological polar surface area (TPSA) is 89.4 Å². The minimum Gasteiger partial charge on any atom is -0.347 e. The van der Waals surface area contributed by atoms with E-state index in [4.69, 9.17) is 4.99 Å². The van der Waals surface area contributed by atoms with Crippen molar-refractivity contribution in [2.24, 2.45) is 21.8 Å². The van der Waals surface area contributed by atoms with Crippen LogP contribution >= 0.6 is 0 Å². The zero-order valence-corrected chi connectivity index (χ0v) is 19.4. The van der Waals surface area contributed by atoms with Crippen molar-refractivity contribution in [3.63, 3.8) is 0 Å². The van der Waals surface area contributed by atoms with Crippen molar-refractivity contribution in [3.05, 3.63) is 23.8 Å². The summed E-state index contributed by atoms with van der Waals surface area (Å²) in [7, 11) is 0. The first-order valence-corrected chi connectivity index (χ1v) is 12.2. The number of carbonyl (C=O) groups is 2. The van der Waals surface area contributed by atoms with E-state index in [0.717, 1.165) is 51.1 Å². The van der Waals surface area contributed by atoms with Gasteiger partial charge in [-0.3, -0.25) is 29.4 Å². The van der Waals surface area contributed by atoms with E-state index in [1.807, 2.05) is 19.2 Å². The second-order valence-electron chi connectivity index (χ2n) is 9.93. The summed E-state index contributed by atoms with van der Waals surface area (Å²) in [6.45, 7) is 6.98. The van der Waals surface area contributed by atoms with Crippen LogP contribution in [0.15, 0.2) is 33.8 Å². The number of piperazine rings is 1. The Kier molecular flexibility index (Phi) is 6.37. The van der Waals surface area contributed by atoms with Gasteiger partial charge in [-0.25, -0.2) is 8.78 Å². The molecule has 8 nitrogen and oxygen atoms in total. The number of amides is 2. The predicted molar refractivity (Wildman–Crippen MR) is 125 cm³/mol. The number of carbonyl (C=O) groups excluding carboxylic acids is 2. The number of hydrogen-bond acceptors (Lipinski definition) is 6. The smallest absolute Gasteiger partial charge is 0.260 e. The number of hydrogen-bond donors (Lipinski definition) is 2. The van der Waals surface area contributed by atoms with Crippen LogP contribution in [0, 0.1) is 11.8 Å². The first-order valence-electron chi connectivity index (χ1n) is 12.2. The van der Waals surface area contributed by atoms with E-state index < -0.39 is 17.7 Å². The summed E-state index contributed by atoms with van der Waals surface area (Å²) in [6.07, 6.45) is 9.16. The number of nitrogens with zero attached hydrogens (tertiary/aromatic N) is 4. The lowest BCUT2D eigenvalue weighted by Gasteiger charge is -2.39. The average Bonchev–Trinajstić information content (AvgIpc) is 3.48. The Morgan fingerprint density at radius 2 is 2.06 bits per heavy atom. The van der Waals surface area contributed by atoms with Gasteiger partial charge in [0.25, 0.3) is 5.92 Å². The van der Waals surface area contributed by atoms with Crippen molar-refractivity contribution in [1.82, 2.24) is 20.4 Å². The van der Waals surface area contributed by atoms with Gasteiger partial charge in [0.2, 0.25) is 11.8 Å². The zero-order valence-electron chi connectivity index (χ0n) is 19.4. The maximum absolute atomic E-state index is 13.0. The molecule has 10 heteroatoms. The Morgan fingerprint density at radius 3 is 2.71 bits per heavy atom. The van der Waals surface area contributed by atoms with Crippen molar-refractivity contribution in [1.29, 1.82) is 0 Å². The summed E-state index contributed by atoms with van der Waals surface area (Å²) < 4.78 is 26.1. The fraction of sp³-hybridized carbons (Fsp3) is 0.667. The van der Waals surface area contributed by atoms with E-state index in [1.165, 1.54) is 0 Å². The molecule has 4 heterocycles. The molecule has 4 unspecified atom stereocenters. The monoisotopic (exact) mass is 474 g/mol. The van der Waals surface area contributed by atoms with Crippen LogP contribution in [0.25, 0.3) is 0 Å². The van der Waals surface area contributed by atoms with Gasteiger partial charge in [0.1, 0.15) is 11.8 Å². The van der Waals surface area contributed by atoms with Crippen molar-refractivity contribution < 1.29 is 18.4 Å². The third-order valence-corrected chi connectivity index (χ3v) is 7.54. The summed E-state index contributed by atoms with van der Waals surface area (Å²) in [6, 6.07) is 0.297. The molecule has 2 N–H and O–H groups in total. The lowest BCUT2D eigenvalue weighted by molar-refractivity contribution is -0.128. The van der Waals surface area contributed by atoms with Crippen molar-refractivity contribution in [3.8, 4) is 0 Å². The lowest BCUT2D eigenvalue weighted by Crippen LogP contribution is -2.53. The van der Waals surface area contributed by atoms with Gasteiger partial charge in [0.15, 0.2) is 0 Å². The van der Waals surface area contributed by atoms with Crippen LogP contribution in [0.4, 0.5) is 8.78 Å². The van der Waals surface area contributed by atoms with Crippen LogP contribution in [0.2, 0.25) is 0 Å². The lowest BCUT2D eigenvalue weighted by atomic mass is 9.86. The number of halogens is 2. The van der Waals surface area contributed by atoms with E-state index in [2.05, 4.69) is 31.5 Å². The van der Waals surface area contributed by atoms with Gasteiger partial charge in [-0.05, 0) is 24.5 Å². The number of fused-ring (bicyclic) bond motifs is 1. The van der Waals surface area contributed by atoms with Crippen LogP contribution in [0.5, 0.6) is 0 Å². The molecule has 4 aliphatic heterocycles. The molecule has 0 spiro atoms. The van der Waals surface area contributed by atoms with Crippen LogP contribution < -0.4 is 10.6 Å². The Labute approximate surface area is 198 Å². The quantitative estimate of drug-likeness (QED) is 0.623. The van der Waals surface area contributed by atoms with Gasteiger partial charge < -0.3 is 10.6 Å². The molecular formula is C24H32F2N6O2. The highest BCUT2D eigenvalue weighted by Crippen LogP contribution is 2.48. The summed E-state index contributed by atoms with van der Waals surface area (Å²) in [4.78, 5) is 37.9. The Morgan fingerprint density at radius 1 is 1.29 bits per heavy atom. The number of aliphatic imine (C=N–C) groups is 2. The van der Waals surface area contributed by atoms with E-state index in [-0.39, 0.29) is 36.4 Å². The van der Waals surface area contributed by atoms with Gasteiger partial charge in [-0.2, -0.15) is 0 Å². The van der Waals surface area contributed by atoms with Gasteiger partial charge in [0, 0.05) is 57.3 Å². The molecule has 2 saturated heterocycles. The van der Waals surface area contributed by atoms with Crippen molar-refractivity contribution in [2.75, 3.05) is 39.3 Å². The summed E-state index contributed by atoms with van der Waals surface area (Å²) in [5, 5.41) is 5.64. The molecule has 1 saturated carbocycles. The van der Waals surface area contributed by atoms with Crippen LogP contribution in [-0.2, 0) is 9.59 Å². The Hall–Kier alpha value is -2.46. The third-order valence-electron chi connectivity index (χ3n) is 7.54. The second-order valence-corrected chi connectivity index (χ2v) is 9.93. The molecule has 0 aromatic heterocycles. The normalized spacial score (nSPS) is 35.1. The molecule has 5 atom stereocenters. The van der Waals surface area contributed by atoms with E-state index in [9.17, 15) is 18.4 Å². The van der Waals surface area contributed by atoms with Crippen LogP contribution in [-0.4, -0.2) is 97.0 Å². The number of dihydropyridines is 2. The number of alkyl halides is 2. The van der Waals surface area contributed by atoms with Crippen molar-refractivity contribution in [2.45, 2.75) is 50.2 Å². The molecule has 0 aromatic rings. The van der Waals surface area contributed by atoms with Crippen LogP contribution in [0.1, 0.15) is 26.2 Å². The SMILES string of the molecule is CCC1CC2N=CC(CN3CCN(C4C=CC(NC(=O)[C@H]5CC5(F)F)=NC4)CC3)=CC2NC1=O. The number of nitrogens with one attached hydrogen (secondary N) is 2. The second kappa shape index (κ2) is 9.30. The maximum Gasteiger partial charge on any atom is 0.260 e. The molecule has 0 radical (unpaired) electrons. The molecule has 184 valence electrons. The standard InChI is InChI=1S/C24H32F2N6O2/c1-2-16-10-19-20(29-22(16)33)9-15(12-27-19)14-31-5-7-32(8-6-31)17-3-4-21(28-13-17)30-23(34)18-11-24(18,25)26/h3-4,9,12,16-20H,2,5-8,10-11,13-14H2,1H3,(H,29,33)(H,28,30,34)/t16?,17?,18-,19?,20?/m1/s1. The summed E-state index contributed by atoms with van der Waals surface area (Å²) >= 11 is 0. The molecule has 0 bridgehead atoms. The van der Waals surface area contributed by atoms with Crippen LogP contribution in [0.3, 0.4) is 0 Å². The highest BCUT2D eigenvalue weighted by molar-refractivity contribution is 6.06. The molecule has 1 aliphatic carbocycles. The summed E-state index contributed by atoms with van der Waals surface area (Å²) in [5.74, 6) is -4.16. The molecule has 3 fully saturated rings. The van der Waals surface area contributed by atoms with E-state index >= 15 is 0 Å². The minimum atomic E-state index is -2.87. The molecule has 2 amide bonds. The Bertz CT molecular complexity index is 953. The first kappa shape index (κ1) is 23.3. The Balaban J connectivity index is 1.06. The predicted octanol–water partition coefficient (Wildman–Crippen LogP) is 1.01. The van der Waals surface area contributed by atoms with Gasteiger partial charge >= 0.3 is 0 Å². The third kappa shape index (κ3) is 4.98. The number of rotatable bonds is 5. The van der Waals surface area contributed by atoms with Gasteiger partial charge in [-0.15, -0.1) is 0 Å². The molecule has 0 aromatic carbocycles. The maximum atomic E-state index is 13.0. The molecule has 5 rings (SSSR count). The molecular weight excluding hydrogens is 442 g/mol. The van der Waals surface area contributed by atoms with E-state index in [0.29, 0.717) is 12.4 Å². The largest absolute Gasteiger partial charge is 0.347 e. The summed E-state index contributed by atoms with van der Waals surface area (Å²) in [5.41, 5.74) is 1.15. The molecule has 5 aliphatic rings. The van der Waals surface area contributed by atoms with E-state index in [1.54, 1.807) is 6.08 Å². The van der Waals surface area contributed by atoms with Gasteiger partial charge in [-0.1, -0.05) is 19.1 Å². The average molecular weight is 475 g/mol. The highest BCUT2D eigenvalue weighted by atomic mass is 19.3. The minimum absolute atomic E-state index is 0.00246. The zero-order chi connectivity index (χ0) is 23.9. The first-order chi connectivity index (χ1) is 16.3. The molecule has 34 heavy (non-hydrogen) atoms. The van der Waals surface area contributed by atoms with Crippen molar-refractivity contribution >= 4 is 23.9 Å².